The van der Waals surface area contributed by atoms with Crippen LogP contribution in [0.2, 0.25) is 0 Å². The monoisotopic (exact) mass is 295 g/mol. The van der Waals surface area contributed by atoms with E-state index >= 15 is 0 Å². The molecule has 1 saturated heterocycles. The molecular weight excluding hydrogens is 278 g/mol. The first-order valence-electron chi connectivity index (χ1n) is 6.24. The van der Waals surface area contributed by atoms with E-state index in [-0.39, 0.29) is 0 Å². The summed E-state index contributed by atoms with van der Waals surface area (Å²) in [6.45, 7) is 2.46. The number of ether oxygens (including phenoxy) is 1. The Kier molecular flexibility index (Phi) is 2.91. The standard InChI is InChI=1S/C14H18BrNO/c1-16-7-9-3-4-11-10(12(9)8-16)5-6-13(17-2)14(11)15/h5-6,9,12H,3-4,7-8H2,1-2H3. The first kappa shape index (κ1) is 11.5. The second-order valence-electron chi connectivity index (χ2n) is 5.28. The molecule has 0 saturated carbocycles. The maximum absolute atomic E-state index is 5.39. The van der Waals surface area contributed by atoms with Gasteiger partial charge in [-0.25, -0.2) is 0 Å². The predicted molar refractivity (Wildman–Crippen MR) is 72.7 cm³/mol. The van der Waals surface area contributed by atoms with Gasteiger partial charge >= 0.3 is 0 Å². The Morgan fingerprint density at radius 1 is 1.35 bits per heavy atom. The highest BCUT2D eigenvalue weighted by Gasteiger charge is 2.36. The molecule has 3 rings (SSSR count). The number of hydrogen-bond acceptors (Lipinski definition) is 2. The van der Waals surface area contributed by atoms with E-state index in [1.807, 2.05) is 0 Å². The van der Waals surface area contributed by atoms with Gasteiger partial charge in [-0.3, -0.25) is 0 Å². The summed E-state index contributed by atoms with van der Waals surface area (Å²) >= 11 is 3.70. The zero-order valence-corrected chi connectivity index (χ0v) is 12.0. The third-order valence-corrected chi connectivity index (χ3v) is 5.12. The van der Waals surface area contributed by atoms with Crippen molar-refractivity contribution in [3.8, 4) is 5.75 Å². The minimum Gasteiger partial charge on any atom is -0.496 e. The van der Waals surface area contributed by atoms with Crippen molar-refractivity contribution in [1.82, 2.24) is 4.90 Å². The molecular formula is C14H18BrNO. The van der Waals surface area contributed by atoms with Crippen LogP contribution >= 0.6 is 15.9 Å². The molecule has 0 bridgehead atoms. The number of hydrogen-bond donors (Lipinski definition) is 0. The molecule has 0 aromatic heterocycles. The molecule has 0 N–H and O–H groups in total. The highest BCUT2D eigenvalue weighted by molar-refractivity contribution is 9.10. The summed E-state index contributed by atoms with van der Waals surface area (Å²) in [5.41, 5.74) is 3.01. The van der Waals surface area contributed by atoms with Gasteiger partial charge in [0.1, 0.15) is 5.75 Å². The number of halogens is 1. The Balaban J connectivity index is 2.04. The van der Waals surface area contributed by atoms with Gasteiger partial charge in [0.15, 0.2) is 0 Å². The normalized spacial score (nSPS) is 27.7. The lowest BCUT2D eigenvalue weighted by atomic mass is 9.77. The third kappa shape index (κ3) is 1.80. The first-order chi connectivity index (χ1) is 8.20. The van der Waals surface area contributed by atoms with E-state index in [0.29, 0.717) is 0 Å². The highest BCUT2D eigenvalue weighted by Crippen LogP contribution is 2.45. The summed E-state index contributed by atoms with van der Waals surface area (Å²) in [4.78, 5) is 2.46. The molecule has 0 radical (unpaired) electrons. The molecule has 2 aliphatic rings. The van der Waals surface area contributed by atoms with E-state index in [2.05, 4.69) is 40.0 Å². The molecule has 2 atom stereocenters. The molecule has 1 aromatic rings. The van der Waals surface area contributed by atoms with Crippen molar-refractivity contribution in [2.45, 2.75) is 18.8 Å². The number of likely N-dealkylation sites (tertiary alicyclic amines) is 1. The Morgan fingerprint density at radius 3 is 2.94 bits per heavy atom. The van der Waals surface area contributed by atoms with Crippen LogP contribution < -0.4 is 4.74 Å². The van der Waals surface area contributed by atoms with Crippen molar-refractivity contribution in [1.29, 1.82) is 0 Å². The molecule has 1 fully saturated rings. The second-order valence-corrected chi connectivity index (χ2v) is 6.07. The summed E-state index contributed by atoms with van der Waals surface area (Å²) in [6, 6.07) is 4.37. The van der Waals surface area contributed by atoms with Gasteiger partial charge in [0, 0.05) is 19.0 Å². The number of methoxy groups -OCH3 is 1. The molecule has 1 aromatic carbocycles. The highest BCUT2D eigenvalue weighted by atomic mass is 79.9. The molecule has 0 spiro atoms. The van der Waals surface area contributed by atoms with Crippen molar-refractivity contribution in [2.24, 2.45) is 5.92 Å². The number of rotatable bonds is 1. The Morgan fingerprint density at radius 2 is 2.18 bits per heavy atom. The molecule has 1 heterocycles. The van der Waals surface area contributed by atoms with Crippen LogP contribution in [0.3, 0.4) is 0 Å². The number of likely N-dealkylation sites (N-methyl/N-ethyl adjacent to an activating group) is 1. The van der Waals surface area contributed by atoms with Crippen LogP contribution in [0.4, 0.5) is 0 Å². The van der Waals surface area contributed by atoms with Gasteiger partial charge in [0.2, 0.25) is 0 Å². The van der Waals surface area contributed by atoms with Crippen LogP contribution in [0.15, 0.2) is 16.6 Å². The van der Waals surface area contributed by atoms with E-state index < -0.39 is 0 Å². The average molecular weight is 296 g/mol. The van der Waals surface area contributed by atoms with E-state index in [1.54, 1.807) is 12.7 Å². The number of fused-ring (bicyclic) bond motifs is 3. The molecule has 1 aliphatic heterocycles. The minimum atomic E-state index is 0.728. The van der Waals surface area contributed by atoms with Crippen LogP contribution in [0.1, 0.15) is 23.5 Å². The lowest BCUT2D eigenvalue weighted by molar-refractivity contribution is 0.385. The lowest BCUT2D eigenvalue weighted by Crippen LogP contribution is -2.19. The first-order valence-corrected chi connectivity index (χ1v) is 7.04. The van der Waals surface area contributed by atoms with Crippen molar-refractivity contribution in [2.75, 3.05) is 27.2 Å². The summed E-state index contributed by atoms with van der Waals surface area (Å²) in [5, 5.41) is 0. The maximum Gasteiger partial charge on any atom is 0.133 e. The number of nitrogens with zero attached hydrogens (tertiary/aromatic N) is 1. The minimum absolute atomic E-state index is 0.728. The van der Waals surface area contributed by atoms with Crippen molar-refractivity contribution in [3.05, 3.63) is 27.7 Å². The van der Waals surface area contributed by atoms with Gasteiger partial charge in [0.05, 0.1) is 11.6 Å². The van der Waals surface area contributed by atoms with Gasteiger partial charge in [-0.2, -0.15) is 0 Å². The Labute approximate surface area is 111 Å². The molecule has 0 amide bonds. The van der Waals surface area contributed by atoms with Crippen molar-refractivity contribution >= 4 is 15.9 Å². The zero-order chi connectivity index (χ0) is 12.0. The number of benzene rings is 1. The van der Waals surface area contributed by atoms with E-state index in [4.69, 9.17) is 4.74 Å². The van der Waals surface area contributed by atoms with Gasteiger partial charge in [-0.05, 0) is 58.9 Å². The Hall–Kier alpha value is -0.540. The molecule has 2 nitrogen and oxygen atoms in total. The maximum atomic E-state index is 5.39. The van der Waals surface area contributed by atoms with Crippen LogP contribution in [0, 0.1) is 5.92 Å². The largest absolute Gasteiger partial charge is 0.496 e. The van der Waals surface area contributed by atoms with E-state index in [9.17, 15) is 0 Å². The molecule has 92 valence electrons. The van der Waals surface area contributed by atoms with Crippen LogP contribution in [0.5, 0.6) is 5.75 Å². The van der Waals surface area contributed by atoms with Gasteiger partial charge < -0.3 is 9.64 Å². The average Bonchev–Trinajstić information content (AvgIpc) is 2.70. The summed E-state index contributed by atoms with van der Waals surface area (Å²) < 4.78 is 6.56. The smallest absolute Gasteiger partial charge is 0.133 e. The van der Waals surface area contributed by atoms with Gasteiger partial charge in [0.25, 0.3) is 0 Å². The summed E-state index contributed by atoms with van der Waals surface area (Å²) in [7, 11) is 3.97. The van der Waals surface area contributed by atoms with Crippen LogP contribution in [-0.4, -0.2) is 32.1 Å². The fourth-order valence-corrected chi connectivity index (χ4v) is 4.16. The Bertz CT molecular complexity index is 446. The van der Waals surface area contributed by atoms with E-state index in [1.165, 1.54) is 36.0 Å². The fraction of sp³-hybridized carbons (Fsp3) is 0.571. The fourth-order valence-electron chi connectivity index (χ4n) is 3.44. The molecule has 2 unspecified atom stereocenters. The quantitative estimate of drug-likeness (QED) is 0.790. The van der Waals surface area contributed by atoms with Gasteiger partial charge in [-0.15, -0.1) is 0 Å². The lowest BCUT2D eigenvalue weighted by Gasteiger charge is -2.28. The second kappa shape index (κ2) is 4.29. The summed E-state index contributed by atoms with van der Waals surface area (Å²) in [6.07, 6.45) is 2.50. The van der Waals surface area contributed by atoms with Crippen LogP contribution in [-0.2, 0) is 6.42 Å². The van der Waals surface area contributed by atoms with E-state index in [0.717, 1.165) is 17.6 Å². The van der Waals surface area contributed by atoms with Crippen molar-refractivity contribution in [3.63, 3.8) is 0 Å². The van der Waals surface area contributed by atoms with Crippen molar-refractivity contribution < 1.29 is 4.74 Å². The third-order valence-electron chi connectivity index (χ3n) is 4.25. The topological polar surface area (TPSA) is 12.5 Å². The van der Waals surface area contributed by atoms with Crippen LogP contribution in [0.25, 0.3) is 0 Å². The molecule has 3 heteroatoms. The predicted octanol–water partition coefficient (Wildman–Crippen LogP) is 3.05. The SMILES string of the molecule is COc1ccc2c(c1Br)CCC1CN(C)CC21. The zero-order valence-electron chi connectivity index (χ0n) is 10.4. The molecule has 1 aliphatic carbocycles. The summed E-state index contributed by atoms with van der Waals surface area (Å²) in [5.74, 6) is 2.55. The molecule has 17 heavy (non-hydrogen) atoms. The van der Waals surface area contributed by atoms with Gasteiger partial charge in [-0.1, -0.05) is 6.07 Å².